The number of carboxylic acid groups (broad SMARTS) is 1. The molecule has 3 atom stereocenters. The molecule has 1 aliphatic rings. The van der Waals surface area contributed by atoms with E-state index >= 15 is 0 Å². The summed E-state index contributed by atoms with van der Waals surface area (Å²) in [5, 5.41) is 22.1. The molecule has 1 saturated carbocycles. The third-order valence-electron chi connectivity index (χ3n) is 4.02. The molecule has 3 N–H and O–H groups in total. The van der Waals surface area contributed by atoms with Crippen LogP contribution in [-0.2, 0) is 9.59 Å². The first-order valence-corrected chi connectivity index (χ1v) is 7.36. The normalized spacial score (nSPS) is 23.9. The van der Waals surface area contributed by atoms with E-state index < -0.39 is 29.9 Å². The van der Waals surface area contributed by atoms with E-state index in [1.807, 2.05) is 0 Å². The number of nitrogens with one attached hydrogen (secondary N) is 1. The van der Waals surface area contributed by atoms with Crippen molar-refractivity contribution in [3.05, 3.63) is 35.9 Å². The van der Waals surface area contributed by atoms with Gasteiger partial charge < -0.3 is 15.5 Å². The molecule has 5 heteroatoms. The molecule has 0 aromatic heterocycles. The van der Waals surface area contributed by atoms with E-state index in [4.69, 9.17) is 0 Å². The van der Waals surface area contributed by atoms with Gasteiger partial charge in [-0.05, 0) is 18.4 Å². The molecule has 5 nitrogen and oxygen atoms in total. The summed E-state index contributed by atoms with van der Waals surface area (Å²) in [5.74, 6) is -1.98. The van der Waals surface area contributed by atoms with Gasteiger partial charge in [0.25, 0.3) is 5.91 Å². The average molecular weight is 291 g/mol. The van der Waals surface area contributed by atoms with Crippen LogP contribution in [0.5, 0.6) is 0 Å². The van der Waals surface area contributed by atoms with Crippen molar-refractivity contribution in [2.24, 2.45) is 5.92 Å². The zero-order chi connectivity index (χ0) is 15.2. The first kappa shape index (κ1) is 15.5. The van der Waals surface area contributed by atoms with Crippen molar-refractivity contribution in [1.82, 2.24) is 5.32 Å². The first-order chi connectivity index (χ1) is 10.1. The van der Waals surface area contributed by atoms with Gasteiger partial charge in [0.2, 0.25) is 0 Å². The Morgan fingerprint density at radius 2 is 1.76 bits per heavy atom. The van der Waals surface area contributed by atoms with Crippen LogP contribution in [0.15, 0.2) is 30.3 Å². The molecular formula is C16H21NO4. The van der Waals surface area contributed by atoms with Crippen molar-refractivity contribution >= 4 is 11.9 Å². The van der Waals surface area contributed by atoms with E-state index in [1.165, 1.54) is 0 Å². The van der Waals surface area contributed by atoms with E-state index in [2.05, 4.69) is 5.32 Å². The van der Waals surface area contributed by atoms with Gasteiger partial charge in [0, 0.05) is 6.04 Å². The van der Waals surface area contributed by atoms with E-state index in [0.29, 0.717) is 18.4 Å². The van der Waals surface area contributed by atoms with Gasteiger partial charge in [-0.2, -0.15) is 0 Å². The van der Waals surface area contributed by atoms with Crippen LogP contribution in [0.25, 0.3) is 0 Å². The standard InChI is InChI=1S/C16H21NO4/c18-14(11-7-3-1-4-8-11)15(19)17-13-10-6-2-5-9-12(13)16(20)21/h1,3-4,7-8,12-14,18H,2,5-6,9-10H2,(H,17,19)(H,20,21). The maximum absolute atomic E-state index is 12.1. The van der Waals surface area contributed by atoms with Crippen molar-refractivity contribution in [1.29, 1.82) is 0 Å². The molecular weight excluding hydrogens is 270 g/mol. The second kappa shape index (κ2) is 7.22. The van der Waals surface area contributed by atoms with Crippen molar-refractivity contribution < 1.29 is 19.8 Å². The number of hydrogen-bond donors (Lipinski definition) is 3. The Labute approximate surface area is 124 Å². The summed E-state index contributed by atoms with van der Waals surface area (Å²) in [7, 11) is 0. The van der Waals surface area contributed by atoms with E-state index in [9.17, 15) is 19.8 Å². The van der Waals surface area contributed by atoms with Gasteiger partial charge in [-0.1, -0.05) is 49.6 Å². The highest BCUT2D eigenvalue weighted by Gasteiger charge is 2.32. The van der Waals surface area contributed by atoms with Crippen molar-refractivity contribution in [2.75, 3.05) is 0 Å². The number of benzene rings is 1. The van der Waals surface area contributed by atoms with E-state index in [0.717, 1.165) is 19.3 Å². The minimum atomic E-state index is -1.26. The van der Waals surface area contributed by atoms with Crippen LogP contribution in [-0.4, -0.2) is 28.1 Å². The third-order valence-corrected chi connectivity index (χ3v) is 4.02. The number of carbonyl (C=O) groups is 2. The number of aliphatic hydroxyl groups is 1. The largest absolute Gasteiger partial charge is 0.481 e. The third kappa shape index (κ3) is 4.04. The summed E-state index contributed by atoms with van der Waals surface area (Å²) in [6.07, 6.45) is 2.70. The fourth-order valence-corrected chi connectivity index (χ4v) is 2.82. The Hall–Kier alpha value is -1.88. The van der Waals surface area contributed by atoms with Crippen LogP contribution in [0, 0.1) is 5.92 Å². The van der Waals surface area contributed by atoms with E-state index in [-0.39, 0.29) is 0 Å². The van der Waals surface area contributed by atoms with Gasteiger partial charge in [-0.25, -0.2) is 0 Å². The number of amides is 1. The fourth-order valence-electron chi connectivity index (χ4n) is 2.82. The van der Waals surface area contributed by atoms with Gasteiger partial charge in [0.1, 0.15) is 0 Å². The van der Waals surface area contributed by atoms with Gasteiger partial charge in [0.05, 0.1) is 5.92 Å². The summed E-state index contributed by atoms with van der Waals surface area (Å²) < 4.78 is 0. The highest BCUT2D eigenvalue weighted by molar-refractivity contribution is 5.83. The van der Waals surface area contributed by atoms with Crippen LogP contribution in [0.2, 0.25) is 0 Å². The Morgan fingerprint density at radius 1 is 1.10 bits per heavy atom. The zero-order valence-electron chi connectivity index (χ0n) is 11.9. The Kier molecular flexibility index (Phi) is 5.33. The number of carboxylic acids is 1. The number of aliphatic carboxylic acids is 1. The topological polar surface area (TPSA) is 86.6 Å². The number of carbonyl (C=O) groups excluding carboxylic acids is 1. The molecule has 1 aliphatic carbocycles. The van der Waals surface area contributed by atoms with Gasteiger partial charge in [-0.3, -0.25) is 9.59 Å². The molecule has 1 fully saturated rings. The average Bonchev–Trinajstić information content (AvgIpc) is 2.72. The van der Waals surface area contributed by atoms with Crippen LogP contribution in [0.3, 0.4) is 0 Å². The van der Waals surface area contributed by atoms with E-state index in [1.54, 1.807) is 30.3 Å². The van der Waals surface area contributed by atoms with Crippen LogP contribution < -0.4 is 5.32 Å². The molecule has 114 valence electrons. The van der Waals surface area contributed by atoms with Gasteiger partial charge >= 0.3 is 5.97 Å². The highest BCUT2D eigenvalue weighted by atomic mass is 16.4. The first-order valence-electron chi connectivity index (χ1n) is 7.36. The molecule has 1 aromatic carbocycles. The molecule has 0 spiro atoms. The Balaban J connectivity index is 2.04. The number of rotatable bonds is 4. The molecule has 1 amide bonds. The van der Waals surface area contributed by atoms with Gasteiger partial charge in [-0.15, -0.1) is 0 Å². The quantitative estimate of drug-likeness (QED) is 0.739. The minimum absolute atomic E-state index is 0.407. The molecule has 21 heavy (non-hydrogen) atoms. The van der Waals surface area contributed by atoms with Gasteiger partial charge in [0.15, 0.2) is 6.10 Å². The Bertz CT molecular complexity index is 488. The molecule has 0 saturated heterocycles. The van der Waals surface area contributed by atoms with Crippen molar-refractivity contribution in [3.63, 3.8) is 0 Å². The second-order valence-electron chi connectivity index (χ2n) is 5.51. The molecule has 0 bridgehead atoms. The zero-order valence-corrected chi connectivity index (χ0v) is 11.9. The molecule has 0 heterocycles. The molecule has 2 rings (SSSR count). The summed E-state index contributed by atoms with van der Waals surface area (Å²) in [4.78, 5) is 23.5. The second-order valence-corrected chi connectivity index (χ2v) is 5.51. The van der Waals surface area contributed by atoms with Crippen molar-refractivity contribution in [3.8, 4) is 0 Å². The minimum Gasteiger partial charge on any atom is -0.481 e. The highest BCUT2D eigenvalue weighted by Crippen LogP contribution is 2.24. The smallest absolute Gasteiger partial charge is 0.308 e. The predicted molar refractivity (Wildman–Crippen MR) is 77.5 cm³/mol. The molecule has 0 aliphatic heterocycles. The summed E-state index contributed by atoms with van der Waals surface area (Å²) in [6, 6.07) is 8.24. The predicted octanol–water partition coefficient (Wildman–Crippen LogP) is 1.87. The van der Waals surface area contributed by atoms with Crippen LogP contribution >= 0.6 is 0 Å². The molecule has 3 unspecified atom stereocenters. The van der Waals surface area contributed by atoms with Crippen LogP contribution in [0.1, 0.15) is 43.8 Å². The lowest BCUT2D eigenvalue weighted by Crippen LogP contribution is -2.44. The summed E-state index contributed by atoms with van der Waals surface area (Å²) >= 11 is 0. The SMILES string of the molecule is O=C(NC1CCCCCC1C(=O)O)C(O)c1ccccc1. The van der Waals surface area contributed by atoms with Crippen molar-refractivity contribution in [2.45, 2.75) is 44.2 Å². The lowest BCUT2D eigenvalue weighted by Gasteiger charge is -2.24. The fraction of sp³-hybridized carbons (Fsp3) is 0.500. The maximum atomic E-state index is 12.1. The molecule has 1 aromatic rings. The number of aliphatic hydroxyl groups excluding tert-OH is 1. The number of hydrogen-bond acceptors (Lipinski definition) is 3. The van der Waals surface area contributed by atoms with Crippen LogP contribution in [0.4, 0.5) is 0 Å². The molecule has 0 radical (unpaired) electrons. The summed E-state index contributed by atoms with van der Waals surface area (Å²) in [5.41, 5.74) is 0.510. The summed E-state index contributed by atoms with van der Waals surface area (Å²) in [6.45, 7) is 0. The lowest BCUT2D eigenvalue weighted by molar-refractivity contribution is -0.143. The maximum Gasteiger partial charge on any atom is 0.308 e. The Morgan fingerprint density at radius 3 is 2.43 bits per heavy atom. The lowest BCUT2D eigenvalue weighted by atomic mass is 9.94. The monoisotopic (exact) mass is 291 g/mol.